The Balaban J connectivity index is 1.90. The number of ether oxygens (including phenoxy) is 1. The summed E-state index contributed by atoms with van der Waals surface area (Å²) in [5, 5.41) is 11.3. The molecule has 1 amide bonds. The van der Waals surface area contributed by atoms with Crippen LogP contribution in [0.3, 0.4) is 0 Å². The fraction of sp³-hybridized carbons (Fsp3) is 0.438. The van der Waals surface area contributed by atoms with Gasteiger partial charge < -0.3 is 14.5 Å². The van der Waals surface area contributed by atoms with Gasteiger partial charge in [0.15, 0.2) is 0 Å². The van der Waals surface area contributed by atoms with Crippen molar-refractivity contribution in [2.24, 2.45) is 0 Å². The molecule has 0 radical (unpaired) electrons. The summed E-state index contributed by atoms with van der Waals surface area (Å²) >= 11 is 1.24. The molecule has 0 spiro atoms. The van der Waals surface area contributed by atoms with Gasteiger partial charge in [-0.25, -0.2) is 0 Å². The lowest BCUT2D eigenvalue weighted by molar-refractivity contribution is -0.119. The molecule has 0 aliphatic heterocycles. The Bertz CT molecular complexity index is 624. The van der Waals surface area contributed by atoms with Crippen LogP contribution in [0.15, 0.2) is 33.9 Å². The molecule has 124 valence electrons. The molecule has 7 heteroatoms. The molecule has 0 unspecified atom stereocenters. The van der Waals surface area contributed by atoms with Crippen LogP contribution in [0.2, 0.25) is 0 Å². The number of nitrogens with one attached hydrogen (secondary N) is 1. The molecule has 0 saturated heterocycles. The van der Waals surface area contributed by atoms with Crippen LogP contribution >= 0.6 is 11.8 Å². The molecular formula is C16H21N3O3S. The molecule has 2 rings (SSSR count). The highest BCUT2D eigenvalue weighted by atomic mass is 32.2. The smallest absolute Gasteiger partial charge is 0.277 e. The van der Waals surface area contributed by atoms with Crippen molar-refractivity contribution in [2.75, 3.05) is 12.9 Å². The SMILES string of the molecule is CCC(CC)NC(=O)CSc1nnc(-c2ccc(OC)cc2)o1. The zero-order chi connectivity index (χ0) is 16.7. The van der Waals surface area contributed by atoms with E-state index in [1.54, 1.807) is 7.11 Å². The van der Waals surface area contributed by atoms with Gasteiger partial charge in [0.05, 0.1) is 12.9 Å². The molecule has 23 heavy (non-hydrogen) atoms. The Morgan fingerprint density at radius 3 is 2.57 bits per heavy atom. The number of thioether (sulfide) groups is 1. The van der Waals surface area contributed by atoms with Crippen LogP contribution in [0.5, 0.6) is 5.75 Å². The molecular weight excluding hydrogens is 314 g/mol. The highest BCUT2D eigenvalue weighted by molar-refractivity contribution is 7.99. The van der Waals surface area contributed by atoms with Gasteiger partial charge in [-0.2, -0.15) is 0 Å². The van der Waals surface area contributed by atoms with Crippen molar-refractivity contribution in [3.63, 3.8) is 0 Å². The van der Waals surface area contributed by atoms with Crippen molar-refractivity contribution in [3.8, 4) is 17.2 Å². The molecule has 0 bridgehead atoms. The largest absolute Gasteiger partial charge is 0.497 e. The zero-order valence-electron chi connectivity index (χ0n) is 13.5. The van der Waals surface area contributed by atoms with Crippen molar-refractivity contribution in [3.05, 3.63) is 24.3 Å². The highest BCUT2D eigenvalue weighted by Crippen LogP contribution is 2.24. The Labute approximate surface area is 140 Å². The zero-order valence-corrected chi connectivity index (χ0v) is 14.4. The average Bonchev–Trinajstić information content (AvgIpc) is 3.07. The molecule has 2 aromatic rings. The molecule has 1 aromatic carbocycles. The topological polar surface area (TPSA) is 77.2 Å². The van der Waals surface area contributed by atoms with Crippen LogP contribution in [0, 0.1) is 0 Å². The van der Waals surface area contributed by atoms with Crippen LogP contribution in [-0.2, 0) is 4.79 Å². The van der Waals surface area contributed by atoms with Gasteiger partial charge in [0.2, 0.25) is 11.8 Å². The lowest BCUT2D eigenvalue weighted by atomic mass is 10.2. The van der Waals surface area contributed by atoms with E-state index in [0.29, 0.717) is 11.1 Å². The number of methoxy groups -OCH3 is 1. The molecule has 1 aromatic heterocycles. The van der Waals surface area contributed by atoms with Crippen molar-refractivity contribution in [1.82, 2.24) is 15.5 Å². The van der Waals surface area contributed by atoms with E-state index in [-0.39, 0.29) is 17.7 Å². The molecule has 0 aliphatic rings. The van der Waals surface area contributed by atoms with Gasteiger partial charge in [-0.15, -0.1) is 10.2 Å². The Morgan fingerprint density at radius 1 is 1.26 bits per heavy atom. The van der Waals surface area contributed by atoms with E-state index in [1.807, 2.05) is 24.3 Å². The summed E-state index contributed by atoms with van der Waals surface area (Å²) in [6, 6.07) is 7.58. The van der Waals surface area contributed by atoms with Gasteiger partial charge in [-0.05, 0) is 37.1 Å². The lowest BCUT2D eigenvalue weighted by Crippen LogP contribution is -2.34. The van der Waals surface area contributed by atoms with E-state index in [0.717, 1.165) is 24.2 Å². The fourth-order valence-corrected chi connectivity index (χ4v) is 2.58. The monoisotopic (exact) mass is 335 g/mol. The summed E-state index contributed by atoms with van der Waals surface area (Å²) in [6.45, 7) is 4.11. The van der Waals surface area contributed by atoms with Crippen LogP contribution in [0.1, 0.15) is 26.7 Å². The minimum atomic E-state index is -0.0205. The minimum Gasteiger partial charge on any atom is -0.497 e. The van der Waals surface area contributed by atoms with Gasteiger partial charge in [-0.1, -0.05) is 25.6 Å². The minimum absolute atomic E-state index is 0.0205. The second-order valence-electron chi connectivity index (χ2n) is 4.97. The van der Waals surface area contributed by atoms with Gasteiger partial charge in [0.25, 0.3) is 5.22 Å². The summed E-state index contributed by atoms with van der Waals surface area (Å²) in [6.07, 6.45) is 1.85. The van der Waals surface area contributed by atoms with Crippen molar-refractivity contribution in [2.45, 2.75) is 38.0 Å². The Morgan fingerprint density at radius 2 is 1.96 bits per heavy atom. The van der Waals surface area contributed by atoms with E-state index in [1.165, 1.54) is 11.8 Å². The van der Waals surface area contributed by atoms with Crippen molar-refractivity contribution >= 4 is 17.7 Å². The molecule has 0 aliphatic carbocycles. The van der Waals surface area contributed by atoms with Crippen molar-refractivity contribution < 1.29 is 13.9 Å². The number of carbonyl (C=O) groups is 1. The second kappa shape index (κ2) is 8.57. The first-order chi connectivity index (χ1) is 11.2. The Kier molecular flexibility index (Phi) is 6.46. The average molecular weight is 335 g/mol. The molecule has 0 atom stereocenters. The van der Waals surface area contributed by atoms with Crippen molar-refractivity contribution in [1.29, 1.82) is 0 Å². The summed E-state index contributed by atoms with van der Waals surface area (Å²) in [7, 11) is 1.61. The van der Waals surface area contributed by atoms with Gasteiger partial charge in [0, 0.05) is 11.6 Å². The first-order valence-electron chi connectivity index (χ1n) is 7.56. The van der Waals surface area contributed by atoms with Crippen LogP contribution < -0.4 is 10.1 Å². The maximum Gasteiger partial charge on any atom is 0.277 e. The Hall–Kier alpha value is -2.02. The number of aromatic nitrogens is 2. The van der Waals surface area contributed by atoms with Crippen LogP contribution in [-0.4, -0.2) is 35.0 Å². The third-order valence-corrected chi connectivity index (χ3v) is 4.24. The number of amides is 1. The molecule has 1 N–H and O–H groups in total. The van der Waals surface area contributed by atoms with E-state index < -0.39 is 0 Å². The van der Waals surface area contributed by atoms with E-state index in [2.05, 4.69) is 29.4 Å². The summed E-state index contributed by atoms with van der Waals surface area (Å²) in [5.74, 6) is 1.44. The summed E-state index contributed by atoms with van der Waals surface area (Å²) in [4.78, 5) is 11.9. The number of hydrogen-bond donors (Lipinski definition) is 1. The number of nitrogens with zero attached hydrogens (tertiary/aromatic N) is 2. The molecule has 0 saturated carbocycles. The molecule has 6 nitrogen and oxygen atoms in total. The first-order valence-corrected chi connectivity index (χ1v) is 8.54. The van der Waals surface area contributed by atoms with Crippen LogP contribution in [0.4, 0.5) is 0 Å². The molecule has 0 fully saturated rings. The second-order valence-corrected chi connectivity index (χ2v) is 5.90. The van der Waals surface area contributed by atoms with Gasteiger partial charge >= 0.3 is 0 Å². The molecule has 1 heterocycles. The fourth-order valence-electron chi connectivity index (χ4n) is 2.01. The predicted octanol–water partition coefficient (Wildman–Crippen LogP) is 3.14. The third-order valence-electron chi connectivity index (χ3n) is 3.42. The van der Waals surface area contributed by atoms with E-state index >= 15 is 0 Å². The standard InChI is InChI=1S/C16H21N3O3S/c1-4-12(5-2)17-14(20)10-23-16-19-18-15(22-16)11-6-8-13(21-3)9-7-11/h6-9,12H,4-5,10H2,1-3H3,(H,17,20). The van der Waals surface area contributed by atoms with Gasteiger partial charge in [0.1, 0.15) is 5.75 Å². The van der Waals surface area contributed by atoms with E-state index in [4.69, 9.17) is 9.15 Å². The van der Waals surface area contributed by atoms with E-state index in [9.17, 15) is 4.79 Å². The summed E-state index contributed by atoms with van der Waals surface area (Å²) < 4.78 is 10.7. The maximum atomic E-state index is 11.9. The number of hydrogen-bond acceptors (Lipinski definition) is 6. The maximum absolute atomic E-state index is 11.9. The lowest BCUT2D eigenvalue weighted by Gasteiger charge is -2.13. The normalized spacial score (nSPS) is 10.8. The quantitative estimate of drug-likeness (QED) is 0.747. The first kappa shape index (κ1) is 17.3. The highest BCUT2D eigenvalue weighted by Gasteiger charge is 2.13. The number of rotatable bonds is 8. The van der Waals surface area contributed by atoms with Gasteiger partial charge in [-0.3, -0.25) is 4.79 Å². The third kappa shape index (κ3) is 4.99. The predicted molar refractivity (Wildman–Crippen MR) is 89.5 cm³/mol. The number of carbonyl (C=O) groups excluding carboxylic acids is 1. The summed E-state index contributed by atoms with van der Waals surface area (Å²) in [5.41, 5.74) is 0.812. The van der Waals surface area contributed by atoms with Crippen LogP contribution in [0.25, 0.3) is 11.5 Å². The number of benzene rings is 1.